The van der Waals surface area contributed by atoms with Gasteiger partial charge >= 0.3 is 11.9 Å². The van der Waals surface area contributed by atoms with Gasteiger partial charge in [0.15, 0.2) is 0 Å². The maximum absolute atomic E-state index is 12.2. The first-order valence-corrected chi connectivity index (χ1v) is 8.76. The van der Waals surface area contributed by atoms with Crippen molar-refractivity contribution in [1.29, 1.82) is 0 Å². The van der Waals surface area contributed by atoms with Crippen LogP contribution in [0.2, 0.25) is 0 Å². The van der Waals surface area contributed by atoms with Crippen LogP contribution in [-0.2, 0) is 14.3 Å². The molecule has 0 spiro atoms. The molecule has 2 atom stereocenters. The van der Waals surface area contributed by atoms with Crippen LogP contribution in [0.3, 0.4) is 0 Å². The van der Waals surface area contributed by atoms with Gasteiger partial charge in [-0.25, -0.2) is 9.59 Å². The van der Waals surface area contributed by atoms with Crippen LogP contribution in [0.1, 0.15) is 36.2 Å². The van der Waals surface area contributed by atoms with Crippen molar-refractivity contribution in [3.63, 3.8) is 0 Å². The number of rotatable bonds is 8. The smallest absolute Gasteiger partial charge is 0.338 e. The quantitative estimate of drug-likeness (QED) is 0.518. The summed E-state index contributed by atoms with van der Waals surface area (Å²) in [7, 11) is 0. The van der Waals surface area contributed by atoms with Crippen LogP contribution in [0.15, 0.2) is 66.7 Å². The number of esters is 2. The van der Waals surface area contributed by atoms with E-state index in [1.54, 1.807) is 30.3 Å². The minimum absolute atomic E-state index is 0.0956. The van der Waals surface area contributed by atoms with Crippen LogP contribution in [0, 0.1) is 5.92 Å². The molecule has 0 bridgehead atoms. The molecule has 0 radical (unpaired) electrons. The third-order valence-corrected chi connectivity index (χ3v) is 4.00. The molecule has 2 aromatic carbocycles. The molecule has 0 aliphatic carbocycles. The van der Waals surface area contributed by atoms with Crippen molar-refractivity contribution in [3.05, 3.63) is 77.9 Å². The van der Waals surface area contributed by atoms with Crippen molar-refractivity contribution in [3.8, 4) is 0 Å². The lowest BCUT2D eigenvalue weighted by atomic mass is 10.0. The van der Waals surface area contributed by atoms with Gasteiger partial charge in [-0.3, -0.25) is 0 Å². The molecular formula is C22H24O4. The van der Waals surface area contributed by atoms with Gasteiger partial charge in [-0.2, -0.15) is 0 Å². The monoisotopic (exact) mass is 352 g/mol. The van der Waals surface area contributed by atoms with Crippen molar-refractivity contribution in [2.75, 3.05) is 6.61 Å². The van der Waals surface area contributed by atoms with Crippen LogP contribution in [0.5, 0.6) is 0 Å². The molecule has 26 heavy (non-hydrogen) atoms. The fourth-order valence-corrected chi connectivity index (χ4v) is 2.48. The number of carbonyl (C=O) groups is 2. The molecule has 0 aliphatic rings. The highest BCUT2D eigenvalue weighted by Crippen LogP contribution is 2.15. The molecule has 0 fully saturated rings. The Balaban J connectivity index is 1.82. The minimum Gasteiger partial charge on any atom is -0.462 e. The number of benzene rings is 2. The van der Waals surface area contributed by atoms with E-state index >= 15 is 0 Å². The van der Waals surface area contributed by atoms with Crippen LogP contribution >= 0.6 is 0 Å². The molecule has 0 aromatic heterocycles. The van der Waals surface area contributed by atoms with Gasteiger partial charge in [0.25, 0.3) is 0 Å². The number of carbonyl (C=O) groups excluding carboxylic acids is 2. The van der Waals surface area contributed by atoms with E-state index in [2.05, 4.69) is 0 Å². The van der Waals surface area contributed by atoms with Crippen LogP contribution in [0.25, 0.3) is 6.08 Å². The summed E-state index contributed by atoms with van der Waals surface area (Å²) in [6.45, 7) is 4.04. The first-order valence-electron chi connectivity index (χ1n) is 8.76. The largest absolute Gasteiger partial charge is 0.462 e. The Bertz CT molecular complexity index is 722. The van der Waals surface area contributed by atoms with Crippen molar-refractivity contribution in [2.45, 2.75) is 26.4 Å². The van der Waals surface area contributed by atoms with Gasteiger partial charge in [-0.05, 0) is 30.2 Å². The average Bonchev–Trinajstić information content (AvgIpc) is 2.69. The minimum atomic E-state index is -0.412. The second kappa shape index (κ2) is 10.2. The summed E-state index contributed by atoms with van der Waals surface area (Å²) in [6, 6.07) is 18.4. The first-order chi connectivity index (χ1) is 12.6. The molecule has 136 valence electrons. The Morgan fingerprint density at radius 2 is 1.62 bits per heavy atom. The fourth-order valence-electron chi connectivity index (χ4n) is 2.48. The summed E-state index contributed by atoms with van der Waals surface area (Å²) in [6.07, 6.45) is 3.45. The van der Waals surface area contributed by atoms with E-state index in [-0.39, 0.29) is 24.6 Å². The average molecular weight is 352 g/mol. The van der Waals surface area contributed by atoms with E-state index in [4.69, 9.17) is 9.47 Å². The van der Waals surface area contributed by atoms with Crippen molar-refractivity contribution in [2.24, 2.45) is 5.92 Å². The summed E-state index contributed by atoms with van der Waals surface area (Å²) in [4.78, 5) is 24.0. The lowest BCUT2D eigenvalue weighted by Crippen LogP contribution is -2.28. The topological polar surface area (TPSA) is 52.6 Å². The van der Waals surface area contributed by atoms with Crippen molar-refractivity contribution >= 4 is 18.0 Å². The molecule has 0 saturated heterocycles. The standard InChI is InChI=1S/C22H24O4/c1-3-20(26-22(24)19-12-8-5-9-13-19)17(2)16-25-21(23)15-14-18-10-6-4-7-11-18/h4-15,17,20H,3,16H2,1-2H3/b15-14+. The molecule has 4 nitrogen and oxygen atoms in total. The summed E-state index contributed by atoms with van der Waals surface area (Å²) < 4.78 is 10.8. The number of hydrogen-bond donors (Lipinski definition) is 0. The molecule has 4 heteroatoms. The fraction of sp³-hybridized carbons (Fsp3) is 0.273. The molecule has 0 aliphatic heterocycles. The summed E-state index contributed by atoms with van der Waals surface area (Å²) in [5, 5.41) is 0. The Hall–Kier alpha value is -2.88. The Morgan fingerprint density at radius 3 is 2.23 bits per heavy atom. The Morgan fingerprint density at radius 1 is 1.00 bits per heavy atom. The molecule has 2 aromatic rings. The molecular weight excluding hydrogens is 328 g/mol. The lowest BCUT2D eigenvalue weighted by molar-refractivity contribution is -0.140. The highest BCUT2D eigenvalue weighted by atomic mass is 16.6. The van der Waals surface area contributed by atoms with Crippen LogP contribution in [0.4, 0.5) is 0 Å². The molecule has 0 saturated carbocycles. The van der Waals surface area contributed by atoms with Gasteiger partial charge in [0.2, 0.25) is 0 Å². The predicted octanol–water partition coefficient (Wildman–Crippen LogP) is 4.51. The van der Waals surface area contributed by atoms with E-state index in [9.17, 15) is 9.59 Å². The number of ether oxygens (including phenoxy) is 2. The number of hydrogen-bond acceptors (Lipinski definition) is 4. The van der Waals surface area contributed by atoms with Gasteiger partial charge in [-0.1, -0.05) is 62.4 Å². The summed E-state index contributed by atoms with van der Waals surface area (Å²) in [5.41, 5.74) is 1.45. The van der Waals surface area contributed by atoms with Gasteiger partial charge in [0.1, 0.15) is 6.10 Å². The zero-order valence-corrected chi connectivity index (χ0v) is 15.1. The van der Waals surface area contributed by atoms with E-state index in [0.717, 1.165) is 5.56 Å². The third kappa shape index (κ3) is 6.20. The Labute approximate surface area is 154 Å². The highest BCUT2D eigenvalue weighted by Gasteiger charge is 2.21. The second-order valence-electron chi connectivity index (χ2n) is 6.07. The van der Waals surface area contributed by atoms with Crippen molar-refractivity contribution in [1.82, 2.24) is 0 Å². The SMILES string of the molecule is CCC(OC(=O)c1ccccc1)C(C)COC(=O)/C=C/c1ccccc1. The summed E-state index contributed by atoms with van der Waals surface area (Å²) >= 11 is 0. The van der Waals surface area contributed by atoms with E-state index in [0.29, 0.717) is 12.0 Å². The van der Waals surface area contributed by atoms with Gasteiger partial charge in [0, 0.05) is 12.0 Å². The molecule has 2 rings (SSSR count). The van der Waals surface area contributed by atoms with Gasteiger partial charge < -0.3 is 9.47 Å². The lowest BCUT2D eigenvalue weighted by Gasteiger charge is -2.22. The molecule has 2 unspecified atom stereocenters. The zero-order chi connectivity index (χ0) is 18.8. The Kier molecular flexibility index (Phi) is 7.62. The molecule has 0 N–H and O–H groups in total. The maximum Gasteiger partial charge on any atom is 0.338 e. The van der Waals surface area contributed by atoms with E-state index in [1.165, 1.54) is 6.08 Å². The van der Waals surface area contributed by atoms with Crippen LogP contribution < -0.4 is 0 Å². The predicted molar refractivity (Wildman–Crippen MR) is 102 cm³/mol. The summed E-state index contributed by atoms with van der Waals surface area (Å²) in [5.74, 6) is -0.869. The second-order valence-corrected chi connectivity index (χ2v) is 6.07. The van der Waals surface area contributed by atoms with Crippen molar-refractivity contribution < 1.29 is 19.1 Å². The normalized spacial score (nSPS) is 13.2. The zero-order valence-electron chi connectivity index (χ0n) is 15.1. The van der Waals surface area contributed by atoms with E-state index in [1.807, 2.05) is 50.2 Å². The third-order valence-electron chi connectivity index (χ3n) is 4.00. The maximum atomic E-state index is 12.2. The van der Waals surface area contributed by atoms with Gasteiger partial charge in [0.05, 0.1) is 12.2 Å². The van der Waals surface area contributed by atoms with Gasteiger partial charge in [-0.15, -0.1) is 0 Å². The molecule has 0 amide bonds. The first kappa shape index (κ1) is 19.4. The van der Waals surface area contributed by atoms with Crippen LogP contribution in [-0.4, -0.2) is 24.6 Å². The molecule has 0 heterocycles. The highest BCUT2D eigenvalue weighted by molar-refractivity contribution is 5.89. The van der Waals surface area contributed by atoms with E-state index < -0.39 is 5.97 Å².